The van der Waals surface area contributed by atoms with Crippen LogP contribution in [0.4, 0.5) is 0 Å². The number of carbonyl (C=O) groups is 1. The first-order chi connectivity index (χ1) is 8.56. The fourth-order valence-electron chi connectivity index (χ4n) is 1.88. The van der Waals surface area contributed by atoms with Gasteiger partial charge < -0.3 is 15.2 Å². The minimum Gasteiger partial charge on any atom is -0.480 e. The van der Waals surface area contributed by atoms with Crippen molar-refractivity contribution in [3.63, 3.8) is 0 Å². The molecule has 0 aliphatic carbocycles. The molecular formula is C13H16ClNO3. The van der Waals surface area contributed by atoms with Crippen molar-refractivity contribution in [3.05, 3.63) is 28.8 Å². The molecule has 0 aromatic heterocycles. The van der Waals surface area contributed by atoms with E-state index in [1.807, 2.05) is 6.07 Å². The second-order valence-electron chi connectivity index (χ2n) is 4.49. The standard InChI is InChI=1S/C13H16ClNO3/c1-8(16)4-5-15-13(17)12-7-9-6-10(14)2-3-11(9)18-12/h2-3,6,8,12,16H,4-5,7H2,1H3,(H,15,17). The maximum absolute atomic E-state index is 11.8. The van der Waals surface area contributed by atoms with Gasteiger partial charge in [0.1, 0.15) is 5.75 Å². The summed E-state index contributed by atoms with van der Waals surface area (Å²) in [5, 5.41) is 12.5. The van der Waals surface area contributed by atoms with Gasteiger partial charge in [-0.15, -0.1) is 0 Å². The van der Waals surface area contributed by atoms with E-state index in [1.165, 1.54) is 0 Å². The highest BCUT2D eigenvalue weighted by Gasteiger charge is 2.28. The van der Waals surface area contributed by atoms with Gasteiger partial charge in [0.05, 0.1) is 6.10 Å². The average molecular weight is 270 g/mol. The van der Waals surface area contributed by atoms with Gasteiger partial charge in [0.2, 0.25) is 0 Å². The molecule has 1 amide bonds. The molecule has 5 heteroatoms. The third-order valence-corrected chi connectivity index (χ3v) is 3.09. The summed E-state index contributed by atoms with van der Waals surface area (Å²) < 4.78 is 5.55. The van der Waals surface area contributed by atoms with E-state index in [9.17, 15) is 4.79 Å². The monoisotopic (exact) mass is 269 g/mol. The fraction of sp³-hybridized carbons (Fsp3) is 0.462. The summed E-state index contributed by atoms with van der Waals surface area (Å²) in [5.41, 5.74) is 0.957. The third kappa shape index (κ3) is 3.15. The topological polar surface area (TPSA) is 58.6 Å². The molecule has 0 radical (unpaired) electrons. The molecule has 98 valence electrons. The number of amides is 1. The lowest BCUT2D eigenvalue weighted by atomic mass is 10.1. The van der Waals surface area contributed by atoms with Crippen LogP contribution in [0.2, 0.25) is 5.02 Å². The van der Waals surface area contributed by atoms with Crippen LogP contribution in [0.5, 0.6) is 5.75 Å². The van der Waals surface area contributed by atoms with Gasteiger partial charge in [0.25, 0.3) is 5.91 Å². The summed E-state index contributed by atoms with van der Waals surface area (Å²) in [7, 11) is 0. The van der Waals surface area contributed by atoms with Gasteiger partial charge in [-0.05, 0) is 37.1 Å². The van der Waals surface area contributed by atoms with Crippen molar-refractivity contribution >= 4 is 17.5 Å². The summed E-state index contributed by atoms with van der Waals surface area (Å²) in [5.74, 6) is 0.568. The SMILES string of the molecule is CC(O)CCNC(=O)C1Cc2cc(Cl)ccc2O1. The Labute approximate surface area is 111 Å². The number of hydrogen-bond acceptors (Lipinski definition) is 3. The van der Waals surface area contributed by atoms with Crippen LogP contribution in [0, 0.1) is 0 Å². The Balaban J connectivity index is 1.88. The second-order valence-corrected chi connectivity index (χ2v) is 4.93. The molecule has 1 aliphatic heterocycles. The molecule has 1 heterocycles. The zero-order valence-electron chi connectivity index (χ0n) is 10.1. The number of ether oxygens (including phenoxy) is 1. The highest BCUT2D eigenvalue weighted by Crippen LogP contribution is 2.31. The van der Waals surface area contributed by atoms with Crippen molar-refractivity contribution in [2.75, 3.05) is 6.54 Å². The summed E-state index contributed by atoms with van der Waals surface area (Å²) in [6, 6.07) is 5.34. The minimum atomic E-state index is -0.493. The minimum absolute atomic E-state index is 0.150. The predicted octanol–water partition coefficient (Wildman–Crippen LogP) is 1.53. The van der Waals surface area contributed by atoms with Gasteiger partial charge in [0, 0.05) is 18.0 Å². The number of halogens is 1. The Morgan fingerprint density at radius 1 is 1.67 bits per heavy atom. The Hall–Kier alpha value is -1.26. The van der Waals surface area contributed by atoms with Crippen LogP contribution in [0.15, 0.2) is 18.2 Å². The van der Waals surface area contributed by atoms with Gasteiger partial charge in [-0.25, -0.2) is 0 Å². The van der Waals surface area contributed by atoms with Gasteiger partial charge >= 0.3 is 0 Å². The lowest BCUT2D eigenvalue weighted by Gasteiger charge is -2.11. The van der Waals surface area contributed by atoms with Crippen LogP contribution in [-0.2, 0) is 11.2 Å². The fourth-order valence-corrected chi connectivity index (χ4v) is 2.08. The number of carbonyl (C=O) groups excluding carboxylic acids is 1. The lowest BCUT2D eigenvalue weighted by molar-refractivity contribution is -0.127. The lowest BCUT2D eigenvalue weighted by Crippen LogP contribution is -2.38. The molecule has 0 bridgehead atoms. The molecule has 1 aromatic carbocycles. The molecule has 0 saturated heterocycles. The van der Waals surface area contributed by atoms with Crippen molar-refractivity contribution in [1.82, 2.24) is 5.32 Å². The van der Waals surface area contributed by atoms with Crippen molar-refractivity contribution in [2.24, 2.45) is 0 Å². The Kier molecular flexibility index (Phi) is 4.09. The van der Waals surface area contributed by atoms with E-state index in [0.29, 0.717) is 24.4 Å². The van der Waals surface area contributed by atoms with E-state index in [2.05, 4.69) is 5.32 Å². The van der Waals surface area contributed by atoms with Crippen LogP contribution in [0.1, 0.15) is 18.9 Å². The molecule has 1 aliphatic rings. The summed E-state index contributed by atoms with van der Waals surface area (Å²) in [4.78, 5) is 11.8. The maximum atomic E-state index is 11.8. The van der Waals surface area contributed by atoms with Crippen LogP contribution in [0.3, 0.4) is 0 Å². The zero-order valence-corrected chi connectivity index (χ0v) is 10.9. The zero-order chi connectivity index (χ0) is 13.1. The molecule has 4 nitrogen and oxygen atoms in total. The maximum Gasteiger partial charge on any atom is 0.261 e. The number of benzene rings is 1. The van der Waals surface area contributed by atoms with E-state index in [0.717, 1.165) is 11.3 Å². The van der Waals surface area contributed by atoms with Crippen molar-refractivity contribution in [1.29, 1.82) is 0 Å². The van der Waals surface area contributed by atoms with Crippen molar-refractivity contribution in [3.8, 4) is 5.75 Å². The van der Waals surface area contributed by atoms with Crippen LogP contribution in [-0.4, -0.2) is 29.8 Å². The molecule has 2 N–H and O–H groups in total. The molecule has 0 fully saturated rings. The molecule has 2 rings (SSSR count). The number of rotatable bonds is 4. The highest BCUT2D eigenvalue weighted by molar-refractivity contribution is 6.30. The average Bonchev–Trinajstić information content (AvgIpc) is 2.71. The van der Waals surface area contributed by atoms with E-state index in [4.69, 9.17) is 21.4 Å². The number of nitrogens with one attached hydrogen (secondary N) is 1. The first-order valence-corrected chi connectivity index (χ1v) is 6.35. The number of fused-ring (bicyclic) bond motifs is 1. The largest absolute Gasteiger partial charge is 0.480 e. The normalized spacial score (nSPS) is 18.9. The van der Waals surface area contributed by atoms with Gasteiger partial charge in [0.15, 0.2) is 6.10 Å². The smallest absolute Gasteiger partial charge is 0.261 e. The Morgan fingerprint density at radius 3 is 3.17 bits per heavy atom. The summed E-state index contributed by atoms with van der Waals surface area (Å²) >= 11 is 5.89. The van der Waals surface area contributed by atoms with Crippen molar-refractivity contribution in [2.45, 2.75) is 32.0 Å². The molecule has 2 unspecified atom stereocenters. The molecule has 2 atom stereocenters. The quantitative estimate of drug-likeness (QED) is 0.872. The van der Waals surface area contributed by atoms with E-state index in [-0.39, 0.29) is 5.91 Å². The van der Waals surface area contributed by atoms with Crippen molar-refractivity contribution < 1.29 is 14.6 Å². The van der Waals surface area contributed by atoms with Crippen LogP contribution in [0.25, 0.3) is 0 Å². The second kappa shape index (κ2) is 5.59. The van der Waals surface area contributed by atoms with Gasteiger partial charge in [-0.1, -0.05) is 11.6 Å². The van der Waals surface area contributed by atoms with Crippen LogP contribution >= 0.6 is 11.6 Å². The number of aliphatic hydroxyl groups excluding tert-OH is 1. The molecule has 0 saturated carbocycles. The summed E-state index contributed by atoms with van der Waals surface area (Å²) in [6.07, 6.45) is 0.173. The molecular weight excluding hydrogens is 254 g/mol. The number of hydrogen-bond donors (Lipinski definition) is 2. The number of aliphatic hydroxyl groups is 1. The summed E-state index contributed by atoms with van der Waals surface area (Å²) in [6.45, 7) is 2.14. The Morgan fingerprint density at radius 2 is 2.44 bits per heavy atom. The van der Waals surface area contributed by atoms with E-state index in [1.54, 1.807) is 19.1 Å². The van der Waals surface area contributed by atoms with Gasteiger partial charge in [-0.3, -0.25) is 4.79 Å². The predicted molar refractivity (Wildman–Crippen MR) is 68.9 cm³/mol. The van der Waals surface area contributed by atoms with E-state index >= 15 is 0 Å². The molecule has 1 aromatic rings. The molecule has 0 spiro atoms. The molecule has 18 heavy (non-hydrogen) atoms. The van der Waals surface area contributed by atoms with Gasteiger partial charge in [-0.2, -0.15) is 0 Å². The Bertz CT molecular complexity index is 448. The van der Waals surface area contributed by atoms with Crippen LogP contribution < -0.4 is 10.1 Å². The third-order valence-electron chi connectivity index (χ3n) is 2.85. The first-order valence-electron chi connectivity index (χ1n) is 5.97. The van der Waals surface area contributed by atoms with E-state index < -0.39 is 12.2 Å². The first kappa shape index (κ1) is 13.2. The highest BCUT2D eigenvalue weighted by atomic mass is 35.5.